The molecule has 6 N–H and O–H groups in total. The quantitative estimate of drug-likeness (QED) is 0.295. The molecule has 1 aromatic heterocycles. The van der Waals surface area contributed by atoms with E-state index < -0.39 is 58.0 Å². The fourth-order valence-electron chi connectivity index (χ4n) is 6.05. The third-order valence-electron chi connectivity index (χ3n) is 7.64. The summed E-state index contributed by atoms with van der Waals surface area (Å²) < 4.78 is 0. The zero-order valence-electron chi connectivity index (χ0n) is 19.9. The van der Waals surface area contributed by atoms with Crippen LogP contribution in [0.3, 0.4) is 0 Å². The summed E-state index contributed by atoms with van der Waals surface area (Å²) >= 11 is 5.92. The van der Waals surface area contributed by atoms with Gasteiger partial charge < -0.3 is 26.2 Å². The molecule has 3 aliphatic carbocycles. The van der Waals surface area contributed by atoms with Crippen molar-refractivity contribution < 1.29 is 34.8 Å². The van der Waals surface area contributed by atoms with Gasteiger partial charge >= 0.3 is 0 Å². The number of aliphatic hydroxyl groups is 3. The molecule has 11 heteroatoms. The monoisotopic (exact) mass is 525 g/mol. The second-order valence-corrected chi connectivity index (χ2v) is 10.2. The van der Waals surface area contributed by atoms with Crippen LogP contribution in [-0.4, -0.2) is 73.5 Å². The molecule has 0 aliphatic heterocycles. The number of nitrogens with two attached hydrogens (primary N) is 1. The number of halogens is 1. The number of phenols is 1. The zero-order valence-corrected chi connectivity index (χ0v) is 20.7. The van der Waals surface area contributed by atoms with E-state index in [9.17, 15) is 34.8 Å². The predicted octanol–water partition coefficient (Wildman–Crippen LogP) is 1.68. The van der Waals surface area contributed by atoms with Crippen molar-refractivity contribution in [2.75, 3.05) is 14.1 Å². The predicted molar refractivity (Wildman–Crippen MR) is 132 cm³/mol. The fraction of sp³-hybridized carbons (Fsp3) is 0.308. The lowest BCUT2D eigenvalue weighted by molar-refractivity contribution is -0.153. The summed E-state index contributed by atoms with van der Waals surface area (Å²) in [7, 11) is 3.11. The number of fused-ring (bicyclic) bond motifs is 3. The Hall–Kier alpha value is -3.73. The summed E-state index contributed by atoms with van der Waals surface area (Å²) in [5.41, 5.74) is 3.51. The molecule has 1 heterocycles. The Morgan fingerprint density at radius 2 is 1.86 bits per heavy atom. The highest BCUT2D eigenvalue weighted by atomic mass is 35.5. The van der Waals surface area contributed by atoms with Gasteiger partial charge in [0.05, 0.1) is 11.6 Å². The van der Waals surface area contributed by atoms with Crippen LogP contribution in [0.4, 0.5) is 0 Å². The van der Waals surface area contributed by atoms with Gasteiger partial charge in [-0.05, 0) is 62.2 Å². The number of Topliss-reactive ketones (excluding diaryl/α,β-unsaturated/α-hetero) is 2. The average molecular weight is 526 g/mol. The molecule has 0 bridgehead atoms. The molecule has 0 spiro atoms. The minimum atomic E-state index is -2.67. The molecule has 1 aromatic carbocycles. The van der Waals surface area contributed by atoms with Crippen molar-refractivity contribution in [3.63, 3.8) is 0 Å². The number of aliphatic hydroxyl groups excluding tert-OH is 2. The Labute approximate surface area is 216 Å². The number of carbonyl (C=O) groups excluding carboxylic acids is 3. The van der Waals surface area contributed by atoms with E-state index in [0.29, 0.717) is 21.8 Å². The van der Waals surface area contributed by atoms with Gasteiger partial charge in [-0.2, -0.15) is 0 Å². The molecule has 10 nitrogen and oxygen atoms in total. The molecule has 5 rings (SSSR count). The second-order valence-electron chi connectivity index (χ2n) is 9.82. The van der Waals surface area contributed by atoms with E-state index in [0.717, 1.165) is 0 Å². The number of rotatable bonds is 3. The molecule has 1 fully saturated rings. The van der Waals surface area contributed by atoms with Gasteiger partial charge in [0.1, 0.15) is 28.0 Å². The van der Waals surface area contributed by atoms with Crippen molar-refractivity contribution >= 4 is 34.8 Å². The topological polar surface area (TPSA) is 174 Å². The molecule has 192 valence electrons. The van der Waals surface area contributed by atoms with Gasteiger partial charge in [0.25, 0.3) is 5.91 Å². The number of hydrogen-bond donors (Lipinski definition) is 5. The molecule has 0 saturated heterocycles. The third kappa shape index (κ3) is 3.40. The van der Waals surface area contributed by atoms with Crippen LogP contribution in [0.1, 0.15) is 17.5 Å². The number of nitrogens with zero attached hydrogens (tertiary/aromatic N) is 2. The summed E-state index contributed by atoms with van der Waals surface area (Å²) in [5, 5.41) is 44.8. The summed E-state index contributed by atoms with van der Waals surface area (Å²) in [6.07, 6.45) is 1.74. The normalized spacial score (nSPS) is 27.2. The number of likely N-dealkylation sites (N-methyl/N-ethyl adjacent to an activating group) is 1. The van der Waals surface area contributed by atoms with E-state index in [-0.39, 0.29) is 29.7 Å². The van der Waals surface area contributed by atoms with Gasteiger partial charge in [-0.15, -0.1) is 0 Å². The molecule has 0 radical (unpaired) electrons. The first-order valence-corrected chi connectivity index (χ1v) is 11.9. The highest BCUT2D eigenvalue weighted by molar-refractivity contribution is 6.29. The molecule has 1 amide bonds. The smallest absolute Gasteiger partial charge is 0.255 e. The number of hydrogen-bond acceptors (Lipinski definition) is 9. The lowest BCUT2D eigenvalue weighted by Crippen LogP contribution is -2.65. The first-order valence-electron chi connectivity index (χ1n) is 11.5. The largest absolute Gasteiger partial charge is 0.508 e. The number of aromatic hydroxyl groups is 1. The molecule has 4 unspecified atom stereocenters. The van der Waals surface area contributed by atoms with Crippen molar-refractivity contribution in [1.29, 1.82) is 0 Å². The van der Waals surface area contributed by atoms with Crippen LogP contribution < -0.4 is 5.73 Å². The van der Waals surface area contributed by atoms with Gasteiger partial charge in [-0.1, -0.05) is 17.7 Å². The minimum absolute atomic E-state index is 0.0136. The van der Waals surface area contributed by atoms with Crippen molar-refractivity contribution in [2.24, 2.45) is 17.6 Å². The highest BCUT2D eigenvalue weighted by Crippen LogP contribution is 2.53. The molecular formula is C26H24ClN3O7. The van der Waals surface area contributed by atoms with Crippen LogP contribution in [0.25, 0.3) is 16.9 Å². The standard InChI is InChI=1S/C26H24ClN3O7/c1-30(2)20-14-8-11-7-13-12(10-3-6-16(27)29-9-10)4-5-15(31)18(13)21(32)17(11)23(34)26(14,37)24(35)19(22(20)33)25(28)36/h3-6,9,11,14,20,31-32,35,37H,7-8H2,1-2H3,(H2,28,36). The van der Waals surface area contributed by atoms with Crippen LogP contribution >= 0.6 is 11.6 Å². The SMILES string of the molecule is CN(C)C1C(=O)C(C(N)=O)=C(O)C2(O)C(=O)C3=C(O)c4c(O)ccc(-c5ccc(Cl)nc5)c4CC3CC12. The van der Waals surface area contributed by atoms with E-state index in [1.54, 1.807) is 38.5 Å². The van der Waals surface area contributed by atoms with E-state index >= 15 is 0 Å². The van der Waals surface area contributed by atoms with Crippen LogP contribution in [0.15, 0.2) is 47.4 Å². The van der Waals surface area contributed by atoms with Crippen molar-refractivity contribution in [3.05, 3.63) is 63.6 Å². The Morgan fingerprint density at radius 3 is 2.46 bits per heavy atom. The Morgan fingerprint density at radius 1 is 1.16 bits per heavy atom. The maximum atomic E-state index is 13.8. The minimum Gasteiger partial charge on any atom is -0.508 e. The number of aromatic nitrogens is 1. The molecule has 37 heavy (non-hydrogen) atoms. The number of pyridine rings is 1. The molecule has 4 atom stereocenters. The van der Waals surface area contributed by atoms with Crippen molar-refractivity contribution in [2.45, 2.75) is 24.5 Å². The number of phenolic OH excluding ortho intramolecular Hbond substituents is 1. The maximum absolute atomic E-state index is 13.8. The number of amides is 1. The van der Waals surface area contributed by atoms with Crippen LogP contribution in [0.2, 0.25) is 5.15 Å². The number of benzene rings is 1. The summed E-state index contributed by atoms with van der Waals surface area (Å²) in [6, 6.07) is 5.24. The van der Waals surface area contributed by atoms with Gasteiger partial charge in [-0.3, -0.25) is 19.3 Å². The number of primary amides is 1. The molecular weight excluding hydrogens is 502 g/mol. The first-order chi connectivity index (χ1) is 17.4. The van der Waals surface area contributed by atoms with E-state index in [2.05, 4.69) is 4.98 Å². The van der Waals surface area contributed by atoms with Gasteiger partial charge in [0, 0.05) is 23.3 Å². The van der Waals surface area contributed by atoms with Crippen molar-refractivity contribution in [3.8, 4) is 16.9 Å². The molecule has 1 saturated carbocycles. The van der Waals surface area contributed by atoms with Crippen LogP contribution in [-0.2, 0) is 20.8 Å². The Balaban J connectivity index is 1.74. The van der Waals surface area contributed by atoms with E-state index in [1.807, 2.05) is 0 Å². The summed E-state index contributed by atoms with van der Waals surface area (Å²) in [6.45, 7) is 0. The molecule has 3 aliphatic rings. The van der Waals surface area contributed by atoms with Gasteiger partial charge in [0.15, 0.2) is 11.4 Å². The zero-order chi connectivity index (χ0) is 27.0. The summed E-state index contributed by atoms with van der Waals surface area (Å²) in [4.78, 5) is 44.6. The summed E-state index contributed by atoms with van der Waals surface area (Å²) in [5.74, 6) is -6.86. The maximum Gasteiger partial charge on any atom is 0.255 e. The molecule has 2 aromatic rings. The average Bonchev–Trinajstić information content (AvgIpc) is 2.82. The Bertz CT molecular complexity index is 1450. The lowest BCUT2D eigenvalue weighted by atomic mass is 9.57. The first kappa shape index (κ1) is 24.9. The number of carbonyl (C=O) groups is 3. The van der Waals surface area contributed by atoms with E-state index in [4.69, 9.17) is 17.3 Å². The third-order valence-corrected chi connectivity index (χ3v) is 7.87. The van der Waals surface area contributed by atoms with Gasteiger partial charge in [-0.25, -0.2) is 4.98 Å². The lowest BCUT2D eigenvalue weighted by Gasteiger charge is -2.50. The highest BCUT2D eigenvalue weighted by Gasteiger charge is 2.64. The second kappa shape index (κ2) is 8.41. The van der Waals surface area contributed by atoms with Crippen molar-refractivity contribution in [1.82, 2.24) is 9.88 Å². The van der Waals surface area contributed by atoms with Crippen LogP contribution in [0.5, 0.6) is 5.75 Å². The van der Waals surface area contributed by atoms with Gasteiger partial charge in [0.2, 0.25) is 5.78 Å². The number of ketones is 2. The Kier molecular flexibility index (Phi) is 5.67. The van der Waals surface area contributed by atoms with E-state index in [1.165, 1.54) is 11.0 Å². The van der Waals surface area contributed by atoms with Crippen LogP contribution in [0, 0.1) is 11.8 Å². The fourth-order valence-corrected chi connectivity index (χ4v) is 6.16.